The third-order valence-corrected chi connectivity index (χ3v) is 5.07. The number of hydrogen-bond donors (Lipinski definition) is 1. The SMILES string of the molecule is Nc1c2c(nn1C(=O)C1CCCc3ccccc31)CCCC2. The van der Waals surface area contributed by atoms with Crippen molar-refractivity contribution in [3.8, 4) is 0 Å². The van der Waals surface area contributed by atoms with Crippen molar-refractivity contribution in [2.45, 2.75) is 50.9 Å². The molecule has 1 heterocycles. The van der Waals surface area contributed by atoms with Crippen molar-refractivity contribution >= 4 is 11.7 Å². The van der Waals surface area contributed by atoms with Gasteiger partial charge < -0.3 is 5.73 Å². The topological polar surface area (TPSA) is 60.9 Å². The molecule has 2 N–H and O–H groups in total. The van der Waals surface area contributed by atoms with Gasteiger partial charge in [0.05, 0.1) is 11.6 Å². The van der Waals surface area contributed by atoms with E-state index in [1.165, 1.54) is 10.2 Å². The summed E-state index contributed by atoms with van der Waals surface area (Å²) in [5, 5.41) is 4.54. The van der Waals surface area contributed by atoms with Crippen molar-refractivity contribution < 1.29 is 4.79 Å². The summed E-state index contributed by atoms with van der Waals surface area (Å²) >= 11 is 0. The van der Waals surface area contributed by atoms with Crippen LogP contribution in [0.25, 0.3) is 0 Å². The molecule has 0 spiro atoms. The van der Waals surface area contributed by atoms with Gasteiger partial charge in [-0.05, 0) is 56.1 Å². The van der Waals surface area contributed by atoms with Crippen LogP contribution in [0.5, 0.6) is 0 Å². The quantitative estimate of drug-likeness (QED) is 0.879. The van der Waals surface area contributed by atoms with E-state index in [0.717, 1.165) is 61.8 Å². The van der Waals surface area contributed by atoms with Crippen LogP contribution in [-0.2, 0) is 19.3 Å². The molecule has 2 aromatic rings. The van der Waals surface area contributed by atoms with Crippen LogP contribution in [-0.4, -0.2) is 15.7 Å². The highest BCUT2D eigenvalue weighted by Gasteiger charge is 2.30. The Morgan fingerprint density at radius 2 is 1.95 bits per heavy atom. The fraction of sp³-hybridized carbons (Fsp3) is 0.444. The highest BCUT2D eigenvalue weighted by Crippen LogP contribution is 2.34. The number of nitrogens with zero attached hydrogens (tertiary/aromatic N) is 2. The zero-order valence-corrected chi connectivity index (χ0v) is 12.7. The zero-order valence-electron chi connectivity index (χ0n) is 12.7. The summed E-state index contributed by atoms with van der Waals surface area (Å²) in [5.74, 6) is 0.510. The molecule has 0 aliphatic heterocycles. The summed E-state index contributed by atoms with van der Waals surface area (Å²) < 4.78 is 1.49. The number of aromatic nitrogens is 2. The second-order valence-corrected chi connectivity index (χ2v) is 6.41. The molecule has 0 amide bonds. The molecule has 0 saturated carbocycles. The number of aryl methyl sites for hydroxylation is 2. The van der Waals surface area contributed by atoms with Gasteiger partial charge in [-0.2, -0.15) is 9.78 Å². The molecular weight excluding hydrogens is 274 g/mol. The Morgan fingerprint density at radius 3 is 2.82 bits per heavy atom. The van der Waals surface area contributed by atoms with Gasteiger partial charge in [-0.25, -0.2) is 0 Å². The van der Waals surface area contributed by atoms with Crippen molar-refractivity contribution in [3.63, 3.8) is 0 Å². The summed E-state index contributed by atoms with van der Waals surface area (Å²) in [6.07, 6.45) is 7.18. The maximum absolute atomic E-state index is 13.0. The Balaban J connectivity index is 1.73. The maximum Gasteiger partial charge on any atom is 0.256 e. The lowest BCUT2D eigenvalue weighted by Gasteiger charge is -2.24. The van der Waals surface area contributed by atoms with Crippen LogP contribution in [0.15, 0.2) is 24.3 Å². The van der Waals surface area contributed by atoms with E-state index < -0.39 is 0 Å². The lowest BCUT2D eigenvalue weighted by molar-refractivity contribution is 0.0854. The van der Waals surface area contributed by atoms with E-state index in [4.69, 9.17) is 5.73 Å². The first-order valence-electron chi connectivity index (χ1n) is 8.24. The second-order valence-electron chi connectivity index (χ2n) is 6.41. The number of nitrogens with two attached hydrogens (primary N) is 1. The molecule has 1 aromatic heterocycles. The van der Waals surface area contributed by atoms with Gasteiger partial charge in [0.2, 0.25) is 0 Å². The first-order chi connectivity index (χ1) is 10.8. The van der Waals surface area contributed by atoms with Crippen molar-refractivity contribution in [1.82, 2.24) is 9.78 Å². The van der Waals surface area contributed by atoms with Crippen molar-refractivity contribution in [2.24, 2.45) is 0 Å². The fourth-order valence-corrected chi connectivity index (χ4v) is 3.90. The third kappa shape index (κ3) is 2.05. The Kier molecular flexibility index (Phi) is 3.25. The van der Waals surface area contributed by atoms with E-state index in [1.807, 2.05) is 12.1 Å². The maximum atomic E-state index is 13.0. The second kappa shape index (κ2) is 5.27. The van der Waals surface area contributed by atoms with Gasteiger partial charge in [0.25, 0.3) is 5.91 Å². The van der Waals surface area contributed by atoms with E-state index in [0.29, 0.717) is 5.82 Å². The molecule has 0 fully saturated rings. The Hall–Kier alpha value is -2.10. The number of rotatable bonds is 1. The van der Waals surface area contributed by atoms with Crippen LogP contribution in [0, 0.1) is 0 Å². The number of carbonyl (C=O) groups excluding carboxylic acids is 1. The number of anilines is 1. The summed E-state index contributed by atoms with van der Waals surface area (Å²) in [4.78, 5) is 13.0. The molecule has 0 radical (unpaired) electrons. The van der Waals surface area contributed by atoms with Crippen LogP contribution in [0.3, 0.4) is 0 Å². The van der Waals surface area contributed by atoms with Gasteiger partial charge in [-0.3, -0.25) is 4.79 Å². The predicted octanol–water partition coefficient (Wildman–Crippen LogP) is 3.10. The molecule has 4 nitrogen and oxygen atoms in total. The molecule has 1 atom stereocenters. The van der Waals surface area contributed by atoms with Gasteiger partial charge in [0.1, 0.15) is 5.82 Å². The molecule has 22 heavy (non-hydrogen) atoms. The Labute approximate surface area is 130 Å². The number of carbonyl (C=O) groups is 1. The average molecular weight is 295 g/mol. The summed E-state index contributed by atoms with van der Waals surface area (Å²) in [7, 11) is 0. The van der Waals surface area contributed by atoms with Gasteiger partial charge in [0.15, 0.2) is 0 Å². The van der Waals surface area contributed by atoms with Crippen LogP contribution in [0.1, 0.15) is 58.8 Å². The van der Waals surface area contributed by atoms with Gasteiger partial charge in [-0.15, -0.1) is 0 Å². The standard InChI is InChI=1S/C18H21N3O/c19-17-15-9-3-4-11-16(15)20-21(17)18(22)14-10-5-7-12-6-1-2-8-13(12)14/h1-2,6,8,14H,3-5,7,9-11,19H2. The Morgan fingerprint density at radius 1 is 1.14 bits per heavy atom. The smallest absolute Gasteiger partial charge is 0.256 e. The number of fused-ring (bicyclic) bond motifs is 2. The summed E-state index contributed by atoms with van der Waals surface area (Å²) in [5.41, 5.74) is 10.8. The van der Waals surface area contributed by atoms with Crippen LogP contribution in [0.4, 0.5) is 5.82 Å². The molecule has 2 aliphatic rings. The minimum Gasteiger partial charge on any atom is -0.383 e. The number of hydrogen-bond acceptors (Lipinski definition) is 3. The normalized spacial score (nSPS) is 20.3. The molecule has 4 heteroatoms. The van der Waals surface area contributed by atoms with Gasteiger partial charge in [0, 0.05) is 5.56 Å². The highest BCUT2D eigenvalue weighted by atomic mass is 16.2. The van der Waals surface area contributed by atoms with E-state index in [1.54, 1.807) is 0 Å². The minimum atomic E-state index is -0.103. The van der Waals surface area contributed by atoms with Crippen LogP contribution in [0.2, 0.25) is 0 Å². The molecule has 114 valence electrons. The van der Waals surface area contributed by atoms with E-state index in [2.05, 4.69) is 17.2 Å². The lowest BCUT2D eigenvalue weighted by Crippen LogP contribution is -2.26. The lowest BCUT2D eigenvalue weighted by atomic mass is 9.82. The molecule has 1 aromatic carbocycles. The molecule has 0 saturated heterocycles. The molecule has 0 bridgehead atoms. The first-order valence-corrected chi connectivity index (χ1v) is 8.24. The molecule has 2 aliphatic carbocycles. The average Bonchev–Trinajstić information content (AvgIpc) is 2.91. The molecule has 4 rings (SSSR count). The monoisotopic (exact) mass is 295 g/mol. The first kappa shape index (κ1) is 13.6. The van der Waals surface area contributed by atoms with Crippen molar-refractivity contribution in [2.75, 3.05) is 5.73 Å². The highest BCUT2D eigenvalue weighted by molar-refractivity contribution is 5.88. The minimum absolute atomic E-state index is 0.0408. The number of benzene rings is 1. The van der Waals surface area contributed by atoms with Gasteiger partial charge >= 0.3 is 0 Å². The predicted molar refractivity (Wildman–Crippen MR) is 86.0 cm³/mol. The third-order valence-electron chi connectivity index (χ3n) is 5.07. The largest absolute Gasteiger partial charge is 0.383 e. The fourth-order valence-electron chi connectivity index (χ4n) is 3.90. The van der Waals surface area contributed by atoms with Crippen LogP contribution >= 0.6 is 0 Å². The van der Waals surface area contributed by atoms with E-state index in [9.17, 15) is 4.79 Å². The number of nitrogen functional groups attached to an aromatic ring is 1. The summed E-state index contributed by atoms with van der Waals surface area (Å²) in [6, 6.07) is 8.28. The molecule has 1 unspecified atom stereocenters. The Bertz CT molecular complexity index is 732. The van der Waals surface area contributed by atoms with Crippen molar-refractivity contribution in [3.05, 3.63) is 46.6 Å². The van der Waals surface area contributed by atoms with E-state index >= 15 is 0 Å². The van der Waals surface area contributed by atoms with E-state index in [-0.39, 0.29) is 11.8 Å². The van der Waals surface area contributed by atoms with Crippen molar-refractivity contribution in [1.29, 1.82) is 0 Å². The molecular formula is C18H21N3O. The van der Waals surface area contributed by atoms with Gasteiger partial charge in [-0.1, -0.05) is 24.3 Å². The van der Waals surface area contributed by atoms with Crippen LogP contribution < -0.4 is 5.73 Å². The zero-order chi connectivity index (χ0) is 15.1. The summed E-state index contributed by atoms with van der Waals surface area (Å²) in [6.45, 7) is 0.